The zero-order valence-electron chi connectivity index (χ0n) is 21.7. The van der Waals surface area contributed by atoms with Crippen LogP contribution in [0.4, 0.5) is 0 Å². The van der Waals surface area contributed by atoms with E-state index in [-0.39, 0.29) is 23.1 Å². The Bertz CT molecular complexity index is 1340. The molecule has 0 aromatic heterocycles. The van der Waals surface area contributed by atoms with Gasteiger partial charge in [-0.1, -0.05) is 48.6 Å². The SMILES string of the molecule is O=C(NCCCc1ccccc1)[C@H]1C[C@@]23C=CC1(O)[C@@H]1Oc4c(O)ccc5c4[C@@]12CCN(CC1CC1)[C@@H]3C5. The van der Waals surface area contributed by atoms with E-state index in [0.717, 1.165) is 50.3 Å². The normalized spacial score (nSPS) is 37.6. The minimum Gasteiger partial charge on any atom is -0.504 e. The monoisotopic (exact) mass is 512 g/mol. The second-order valence-corrected chi connectivity index (χ2v) is 12.7. The lowest BCUT2D eigenvalue weighted by atomic mass is 9.37. The second-order valence-electron chi connectivity index (χ2n) is 12.7. The fourth-order valence-electron chi connectivity index (χ4n) is 9.05. The maximum Gasteiger partial charge on any atom is 0.226 e. The van der Waals surface area contributed by atoms with Gasteiger partial charge in [-0.2, -0.15) is 0 Å². The number of likely N-dealkylation sites (tertiary alicyclic amines) is 1. The summed E-state index contributed by atoms with van der Waals surface area (Å²) in [4.78, 5) is 16.5. The number of piperidine rings is 1. The summed E-state index contributed by atoms with van der Waals surface area (Å²) in [5.41, 5.74) is 1.49. The second kappa shape index (κ2) is 7.86. The van der Waals surface area contributed by atoms with Gasteiger partial charge in [-0.3, -0.25) is 9.69 Å². The maximum atomic E-state index is 13.8. The number of benzene rings is 2. The van der Waals surface area contributed by atoms with E-state index in [4.69, 9.17) is 4.74 Å². The first-order valence-corrected chi connectivity index (χ1v) is 14.5. The summed E-state index contributed by atoms with van der Waals surface area (Å²) < 4.78 is 6.58. The van der Waals surface area contributed by atoms with Crippen LogP contribution in [0.2, 0.25) is 0 Å². The molecule has 1 amide bonds. The lowest BCUT2D eigenvalue weighted by molar-refractivity contribution is -0.206. The molecule has 3 fully saturated rings. The molecule has 2 aromatic rings. The smallest absolute Gasteiger partial charge is 0.226 e. The van der Waals surface area contributed by atoms with Crippen LogP contribution in [-0.2, 0) is 23.1 Å². The highest BCUT2D eigenvalue weighted by Gasteiger charge is 2.79. The van der Waals surface area contributed by atoms with Crippen LogP contribution >= 0.6 is 0 Å². The van der Waals surface area contributed by atoms with E-state index < -0.39 is 23.0 Å². The molecule has 2 spiro atoms. The largest absolute Gasteiger partial charge is 0.504 e. The lowest BCUT2D eigenvalue weighted by Gasteiger charge is -2.70. The number of nitrogens with zero attached hydrogens (tertiary/aromatic N) is 1. The average Bonchev–Trinajstić information content (AvgIpc) is 3.67. The summed E-state index contributed by atoms with van der Waals surface area (Å²) in [5.74, 6) is 0.803. The number of fused-ring (bicyclic) bond motifs is 1. The van der Waals surface area contributed by atoms with Gasteiger partial charge in [0.15, 0.2) is 11.5 Å². The van der Waals surface area contributed by atoms with Crippen molar-refractivity contribution in [2.45, 2.75) is 68.1 Å². The van der Waals surface area contributed by atoms with Gasteiger partial charge in [0.2, 0.25) is 5.91 Å². The molecule has 6 nitrogen and oxygen atoms in total. The molecule has 7 aliphatic rings. The number of rotatable bonds is 7. The molecule has 2 aliphatic heterocycles. The van der Waals surface area contributed by atoms with Crippen molar-refractivity contribution in [2.75, 3.05) is 19.6 Å². The van der Waals surface area contributed by atoms with E-state index in [1.165, 1.54) is 24.0 Å². The molecule has 9 rings (SSSR count). The first kappa shape index (κ1) is 23.1. The van der Waals surface area contributed by atoms with Gasteiger partial charge < -0.3 is 20.3 Å². The molecule has 198 valence electrons. The van der Waals surface area contributed by atoms with Gasteiger partial charge in [0, 0.05) is 30.1 Å². The Morgan fingerprint density at radius 3 is 2.79 bits per heavy atom. The van der Waals surface area contributed by atoms with Crippen molar-refractivity contribution in [1.29, 1.82) is 0 Å². The topological polar surface area (TPSA) is 82.0 Å². The van der Waals surface area contributed by atoms with Crippen molar-refractivity contribution in [3.05, 3.63) is 71.3 Å². The summed E-state index contributed by atoms with van der Waals surface area (Å²) in [6.45, 7) is 2.66. The highest BCUT2D eigenvalue weighted by Crippen LogP contribution is 2.74. The van der Waals surface area contributed by atoms with Gasteiger partial charge in [0.1, 0.15) is 11.7 Å². The number of aryl methyl sites for hydroxylation is 1. The van der Waals surface area contributed by atoms with E-state index in [9.17, 15) is 15.0 Å². The van der Waals surface area contributed by atoms with Gasteiger partial charge >= 0.3 is 0 Å². The zero-order chi connectivity index (χ0) is 25.7. The summed E-state index contributed by atoms with van der Waals surface area (Å²) in [7, 11) is 0. The number of aliphatic hydroxyl groups is 1. The Labute approximate surface area is 223 Å². The fraction of sp³-hybridized carbons (Fsp3) is 0.531. The highest BCUT2D eigenvalue weighted by atomic mass is 16.5. The molecule has 6 atom stereocenters. The molecule has 38 heavy (non-hydrogen) atoms. The molecule has 0 radical (unpaired) electrons. The Morgan fingerprint density at radius 1 is 1.13 bits per heavy atom. The Kier molecular flexibility index (Phi) is 4.77. The Balaban J connectivity index is 1.14. The number of carbonyl (C=O) groups excluding carboxylic acids is 1. The summed E-state index contributed by atoms with van der Waals surface area (Å²) in [6, 6.07) is 14.4. The van der Waals surface area contributed by atoms with E-state index in [0.29, 0.717) is 18.7 Å². The van der Waals surface area contributed by atoms with E-state index in [1.807, 2.05) is 24.3 Å². The quantitative estimate of drug-likeness (QED) is 0.391. The third kappa shape index (κ3) is 2.88. The molecule has 1 unspecified atom stereocenters. The number of phenols is 1. The highest BCUT2D eigenvalue weighted by molar-refractivity contribution is 5.82. The van der Waals surface area contributed by atoms with Crippen molar-refractivity contribution >= 4 is 5.91 Å². The van der Waals surface area contributed by atoms with Crippen LogP contribution in [-0.4, -0.2) is 58.4 Å². The van der Waals surface area contributed by atoms with Crippen LogP contribution in [0.25, 0.3) is 0 Å². The number of hydrogen-bond donors (Lipinski definition) is 3. The number of nitrogens with one attached hydrogen (secondary N) is 1. The first-order chi connectivity index (χ1) is 18.5. The molecule has 4 bridgehead atoms. The van der Waals surface area contributed by atoms with Crippen LogP contribution in [0.15, 0.2) is 54.6 Å². The Morgan fingerprint density at radius 2 is 1.97 bits per heavy atom. The van der Waals surface area contributed by atoms with Crippen molar-refractivity contribution in [3.63, 3.8) is 0 Å². The van der Waals surface area contributed by atoms with Gasteiger partial charge in [-0.15, -0.1) is 0 Å². The van der Waals surface area contributed by atoms with Crippen molar-refractivity contribution < 1.29 is 19.7 Å². The number of hydrogen-bond acceptors (Lipinski definition) is 5. The zero-order valence-corrected chi connectivity index (χ0v) is 21.7. The van der Waals surface area contributed by atoms with Crippen LogP contribution < -0.4 is 10.1 Å². The molecule has 1 saturated heterocycles. The molecule has 6 heteroatoms. The van der Waals surface area contributed by atoms with Crippen LogP contribution in [0, 0.1) is 17.3 Å². The minimum atomic E-state index is -1.41. The number of ether oxygens (including phenoxy) is 1. The number of aromatic hydroxyl groups is 1. The Hall–Kier alpha value is -2.83. The third-order valence-electron chi connectivity index (χ3n) is 10.9. The predicted molar refractivity (Wildman–Crippen MR) is 143 cm³/mol. The number of carbonyl (C=O) groups is 1. The maximum absolute atomic E-state index is 13.8. The summed E-state index contributed by atoms with van der Waals surface area (Å²) in [6.07, 6.45) is 10.4. The van der Waals surface area contributed by atoms with Crippen LogP contribution in [0.3, 0.4) is 0 Å². The molecule has 5 aliphatic carbocycles. The molecule has 2 aromatic carbocycles. The van der Waals surface area contributed by atoms with Crippen molar-refractivity contribution in [2.24, 2.45) is 17.3 Å². The van der Waals surface area contributed by atoms with E-state index in [1.54, 1.807) is 6.07 Å². The third-order valence-corrected chi connectivity index (χ3v) is 10.9. The summed E-state index contributed by atoms with van der Waals surface area (Å²) in [5, 5.41) is 26.3. The molecule has 2 saturated carbocycles. The number of phenolic OH excluding ortho intramolecular Hbond substituents is 1. The fourth-order valence-corrected chi connectivity index (χ4v) is 9.05. The molecular weight excluding hydrogens is 476 g/mol. The molecule has 2 heterocycles. The van der Waals surface area contributed by atoms with Crippen LogP contribution in [0.5, 0.6) is 11.5 Å². The average molecular weight is 513 g/mol. The van der Waals surface area contributed by atoms with Crippen molar-refractivity contribution in [3.8, 4) is 11.5 Å². The number of amides is 1. The van der Waals surface area contributed by atoms with Gasteiger partial charge in [0.05, 0.1) is 11.3 Å². The first-order valence-electron chi connectivity index (χ1n) is 14.5. The van der Waals surface area contributed by atoms with Crippen molar-refractivity contribution in [1.82, 2.24) is 10.2 Å². The van der Waals surface area contributed by atoms with E-state index >= 15 is 0 Å². The summed E-state index contributed by atoms with van der Waals surface area (Å²) >= 11 is 0. The van der Waals surface area contributed by atoms with Gasteiger partial charge in [-0.25, -0.2) is 0 Å². The van der Waals surface area contributed by atoms with Crippen LogP contribution in [0.1, 0.15) is 48.8 Å². The molecule has 3 N–H and O–H groups in total. The predicted octanol–water partition coefficient (Wildman–Crippen LogP) is 3.49. The molecular formula is C32H36N2O4. The van der Waals surface area contributed by atoms with Gasteiger partial charge in [-0.05, 0) is 74.6 Å². The van der Waals surface area contributed by atoms with Gasteiger partial charge in [0.25, 0.3) is 0 Å². The standard InChI is InChI=1S/C32H36N2O4/c35-24-11-10-22-17-25-30-12-13-32(37,23(18-30)28(36)33-15-4-7-20-5-2-1-3-6-20)29-31(30,26(22)27(24)38-29)14-16-34(25)19-21-8-9-21/h1-3,5-6,10-13,21,23,25,29,35,37H,4,7-9,14-19H2,(H,33,36)/t23-,25-,29-,30-,31+,32?/m1/s1. The van der Waals surface area contributed by atoms with E-state index in [2.05, 4.69) is 34.5 Å². The lowest BCUT2D eigenvalue weighted by Crippen LogP contribution is -2.80. The minimum absolute atomic E-state index is 0.0828.